The van der Waals surface area contributed by atoms with E-state index in [1.807, 2.05) is 35.0 Å². The molecule has 0 bridgehead atoms. The minimum absolute atomic E-state index is 0.144. The Morgan fingerprint density at radius 3 is 2.61 bits per heavy atom. The highest BCUT2D eigenvalue weighted by molar-refractivity contribution is 5.54. The highest BCUT2D eigenvalue weighted by atomic mass is 15.3. The van der Waals surface area contributed by atoms with Crippen molar-refractivity contribution in [3.8, 4) is 5.69 Å². The van der Waals surface area contributed by atoms with Gasteiger partial charge in [-0.15, -0.1) is 0 Å². The van der Waals surface area contributed by atoms with E-state index in [1.165, 1.54) is 24.1 Å². The van der Waals surface area contributed by atoms with Crippen molar-refractivity contribution in [1.29, 1.82) is 0 Å². The van der Waals surface area contributed by atoms with E-state index in [-0.39, 0.29) is 5.41 Å². The Kier molecular flexibility index (Phi) is 2.44. The van der Waals surface area contributed by atoms with Gasteiger partial charge in [0.1, 0.15) is 5.82 Å². The standard InChI is InChI=1S/C15H19N3/c1-15(2)10-6-9-12-13(15)14(16)18(17-12)11-7-4-3-5-8-11/h3-5,7-8H,6,9-10,16H2,1-2H3. The van der Waals surface area contributed by atoms with Gasteiger partial charge in [0, 0.05) is 5.56 Å². The smallest absolute Gasteiger partial charge is 0.131 e. The zero-order chi connectivity index (χ0) is 12.8. The van der Waals surface area contributed by atoms with Crippen LogP contribution < -0.4 is 5.73 Å². The molecule has 1 aromatic carbocycles. The van der Waals surface area contributed by atoms with Gasteiger partial charge in [-0.25, -0.2) is 4.68 Å². The fraction of sp³-hybridized carbons (Fsp3) is 0.400. The number of aromatic nitrogens is 2. The first-order valence-corrected chi connectivity index (χ1v) is 6.53. The molecular formula is C15H19N3. The Bertz CT molecular complexity index is 567. The van der Waals surface area contributed by atoms with Crippen LogP contribution in [-0.4, -0.2) is 9.78 Å². The van der Waals surface area contributed by atoms with E-state index in [0.717, 1.165) is 17.9 Å². The van der Waals surface area contributed by atoms with Crippen molar-refractivity contribution in [2.45, 2.75) is 38.5 Å². The molecular weight excluding hydrogens is 222 g/mol. The lowest BCUT2D eigenvalue weighted by Gasteiger charge is -2.29. The predicted molar refractivity (Wildman–Crippen MR) is 73.9 cm³/mol. The largest absolute Gasteiger partial charge is 0.383 e. The number of nitrogens with zero attached hydrogens (tertiary/aromatic N) is 2. The first-order valence-electron chi connectivity index (χ1n) is 6.53. The van der Waals surface area contributed by atoms with E-state index in [1.54, 1.807) is 0 Å². The van der Waals surface area contributed by atoms with E-state index >= 15 is 0 Å². The predicted octanol–water partition coefficient (Wildman–Crippen LogP) is 3.07. The van der Waals surface area contributed by atoms with Crippen molar-refractivity contribution in [2.24, 2.45) is 0 Å². The van der Waals surface area contributed by atoms with E-state index in [4.69, 9.17) is 10.8 Å². The molecule has 3 nitrogen and oxygen atoms in total. The lowest BCUT2D eigenvalue weighted by molar-refractivity contribution is 0.432. The van der Waals surface area contributed by atoms with Gasteiger partial charge in [-0.2, -0.15) is 5.10 Å². The Balaban J connectivity index is 2.18. The third-order valence-electron chi connectivity index (χ3n) is 3.89. The Morgan fingerprint density at radius 1 is 1.22 bits per heavy atom. The Labute approximate surface area is 108 Å². The minimum atomic E-state index is 0.144. The van der Waals surface area contributed by atoms with Crippen molar-refractivity contribution in [3.05, 3.63) is 41.6 Å². The molecule has 1 aliphatic rings. The van der Waals surface area contributed by atoms with Crippen molar-refractivity contribution < 1.29 is 0 Å². The van der Waals surface area contributed by atoms with E-state index in [0.29, 0.717) is 0 Å². The molecule has 0 saturated carbocycles. The summed E-state index contributed by atoms with van der Waals surface area (Å²) in [5.74, 6) is 0.806. The molecule has 94 valence electrons. The lowest BCUT2D eigenvalue weighted by atomic mass is 9.75. The van der Waals surface area contributed by atoms with E-state index in [2.05, 4.69) is 13.8 Å². The van der Waals surface area contributed by atoms with Crippen LogP contribution in [0, 0.1) is 0 Å². The van der Waals surface area contributed by atoms with Gasteiger partial charge >= 0.3 is 0 Å². The van der Waals surface area contributed by atoms with E-state index < -0.39 is 0 Å². The number of aryl methyl sites for hydroxylation is 1. The molecule has 3 rings (SSSR count). The average Bonchev–Trinajstić information content (AvgIpc) is 2.69. The number of benzene rings is 1. The number of hydrogen-bond donors (Lipinski definition) is 1. The van der Waals surface area contributed by atoms with E-state index in [9.17, 15) is 0 Å². The van der Waals surface area contributed by atoms with Gasteiger partial charge in [0.2, 0.25) is 0 Å². The average molecular weight is 241 g/mol. The van der Waals surface area contributed by atoms with Gasteiger partial charge in [-0.05, 0) is 36.8 Å². The second-order valence-corrected chi connectivity index (χ2v) is 5.69. The van der Waals surface area contributed by atoms with Gasteiger partial charge in [0.25, 0.3) is 0 Å². The number of anilines is 1. The monoisotopic (exact) mass is 241 g/mol. The van der Waals surface area contributed by atoms with Gasteiger partial charge in [0.15, 0.2) is 0 Å². The zero-order valence-electron chi connectivity index (χ0n) is 11.0. The van der Waals surface area contributed by atoms with Crippen molar-refractivity contribution in [3.63, 3.8) is 0 Å². The maximum atomic E-state index is 6.33. The van der Waals surface area contributed by atoms with Crippen molar-refractivity contribution in [2.75, 3.05) is 5.73 Å². The second-order valence-electron chi connectivity index (χ2n) is 5.69. The van der Waals surface area contributed by atoms with Gasteiger partial charge in [0.05, 0.1) is 11.4 Å². The van der Waals surface area contributed by atoms with Crippen LogP contribution in [0.5, 0.6) is 0 Å². The SMILES string of the molecule is CC1(C)CCCc2nn(-c3ccccc3)c(N)c21. The summed E-state index contributed by atoms with van der Waals surface area (Å²) in [5.41, 5.74) is 9.94. The molecule has 3 heteroatoms. The molecule has 2 aromatic rings. The molecule has 0 fully saturated rings. The summed E-state index contributed by atoms with van der Waals surface area (Å²) in [6.07, 6.45) is 3.43. The molecule has 1 aliphatic carbocycles. The van der Waals surface area contributed by atoms with Crippen LogP contribution in [0.4, 0.5) is 5.82 Å². The molecule has 18 heavy (non-hydrogen) atoms. The first-order chi connectivity index (χ1) is 8.59. The molecule has 0 unspecified atom stereocenters. The normalized spacial score (nSPS) is 17.4. The fourth-order valence-electron chi connectivity index (χ4n) is 2.98. The van der Waals surface area contributed by atoms with Crippen LogP contribution in [0.25, 0.3) is 5.69 Å². The van der Waals surface area contributed by atoms with Crippen LogP contribution in [0.2, 0.25) is 0 Å². The highest BCUT2D eigenvalue weighted by Gasteiger charge is 2.33. The molecule has 1 heterocycles. The number of fused-ring (bicyclic) bond motifs is 1. The molecule has 2 N–H and O–H groups in total. The van der Waals surface area contributed by atoms with Crippen LogP contribution >= 0.6 is 0 Å². The quantitative estimate of drug-likeness (QED) is 0.834. The molecule has 1 aromatic heterocycles. The molecule has 0 saturated heterocycles. The summed E-state index contributed by atoms with van der Waals surface area (Å²) < 4.78 is 1.89. The Morgan fingerprint density at radius 2 is 1.94 bits per heavy atom. The highest BCUT2D eigenvalue weighted by Crippen LogP contribution is 2.40. The molecule has 0 atom stereocenters. The van der Waals surface area contributed by atoms with Crippen molar-refractivity contribution >= 4 is 5.82 Å². The number of nitrogen functional groups attached to an aromatic ring is 1. The third-order valence-corrected chi connectivity index (χ3v) is 3.89. The maximum absolute atomic E-state index is 6.33. The topological polar surface area (TPSA) is 43.8 Å². The van der Waals surface area contributed by atoms with Crippen LogP contribution in [0.1, 0.15) is 37.9 Å². The number of hydrogen-bond acceptors (Lipinski definition) is 2. The molecule has 0 amide bonds. The summed E-state index contributed by atoms with van der Waals surface area (Å²) >= 11 is 0. The molecule has 0 radical (unpaired) electrons. The number of rotatable bonds is 1. The number of nitrogens with two attached hydrogens (primary N) is 1. The minimum Gasteiger partial charge on any atom is -0.383 e. The molecule has 0 aliphatic heterocycles. The summed E-state index contributed by atoms with van der Waals surface area (Å²) in [6.45, 7) is 4.52. The van der Waals surface area contributed by atoms with Crippen LogP contribution in [-0.2, 0) is 11.8 Å². The number of para-hydroxylation sites is 1. The van der Waals surface area contributed by atoms with Gasteiger partial charge in [-0.3, -0.25) is 0 Å². The van der Waals surface area contributed by atoms with Crippen molar-refractivity contribution in [1.82, 2.24) is 9.78 Å². The summed E-state index contributed by atoms with van der Waals surface area (Å²) in [6, 6.07) is 10.1. The molecule has 0 spiro atoms. The second kappa shape index (κ2) is 3.87. The summed E-state index contributed by atoms with van der Waals surface area (Å²) in [7, 11) is 0. The summed E-state index contributed by atoms with van der Waals surface area (Å²) in [4.78, 5) is 0. The van der Waals surface area contributed by atoms with Gasteiger partial charge in [-0.1, -0.05) is 32.0 Å². The van der Waals surface area contributed by atoms with Gasteiger partial charge < -0.3 is 5.73 Å². The zero-order valence-corrected chi connectivity index (χ0v) is 11.0. The first kappa shape index (κ1) is 11.3. The van der Waals surface area contributed by atoms with Crippen LogP contribution in [0.3, 0.4) is 0 Å². The fourth-order valence-corrected chi connectivity index (χ4v) is 2.98. The summed E-state index contributed by atoms with van der Waals surface area (Å²) in [5, 5.41) is 4.71. The lowest BCUT2D eigenvalue weighted by Crippen LogP contribution is -2.24. The Hall–Kier alpha value is -1.77. The third kappa shape index (κ3) is 1.62. The maximum Gasteiger partial charge on any atom is 0.131 e. The van der Waals surface area contributed by atoms with Crippen LogP contribution in [0.15, 0.2) is 30.3 Å².